The highest BCUT2D eigenvalue weighted by molar-refractivity contribution is 5.96. The van der Waals surface area contributed by atoms with E-state index in [4.69, 9.17) is 9.47 Å². The summed E-state index contributed by atoms with van der Waals surface area (Å²) in [7, 11) is 0. The number of anilines is 1. The summed E-state index contributed by atoms with van der Waals surface area (Å²) in [4.78, 5) is 75.6. The van der Waals surface area contributed by atoms with Gasteiger partial charge in [-0.1, -0.05) is 50.3 Å². The second-order valence-corrected chi connectivity index (χ2v) is 11.3. The van der Waals surface area contributed by atoms with Gasteiger partial charge in [0.2, 0.25) is 11.8 Å². The Balaban J connectivity index is 2.24. The molecule has 2 aromatic rings. The molecular weight excluding hydrogens is 596 g/mol. The van der Waals surface area contributed by atoms with Gasteiger partial charge < -0.3 is 35.1 Å². The third-order valence-electron chi connectivity index (χ3n) is 6.57. The molecule has 0 unspecified atom stereocenters. The topological polar surface area (TPSA) is 182 Å². The molecule has 1 heterocycles. The molecule has 0 aliphatic heterocycles. The van der Waals surface area contributed by atoms with E-state index in [9.17, 15) is 33.9 Å². The summed E-state index contributed by atoms with van der Waals surface area (Å²) in [6.07, 6.45) is 3.32. The van der Waals surface area contributed by atoms with Gasteiger partial charge in [0.1, 0.15) is 24.4 Å². The number of pyridine rings is 1. The Kier molecular flexibility index (Phi) is 15.7. The molecule has 3 amide bonds. The van der Waals surface area contributed by atoms with Gasteiger partial charge in [-0.25, -0.2) is 9.59 Å². The van der Waals surface area contributed by atoms with Crippen LogP contribution in [0.2, 0.25) is 0 Å². The fourth-order valence-electron chi connectivity index (χ4n) is 4.22. The predicted octanol–water partition coefficient (Wildman–Crippen LogP) is 3.94. The lowest BCUT2D eigenvalue weighted by Crippen LogP contribution is -2.45. The number of esters is 1. The minimum atomic E-state index is -1.18. The molecule has 0 fully saturated rings. The van der Waals surface area contributed by atoms with Crippen LogP contribution in [0.25, 0.3) is 0 Å². The first-order chi connectivity index (χ1) is 21.9. The number of nitrogens with zero attached hydrogens (tertiary/aromatic N) is 1. The van der Waals surface area contributed by atoms with E-state index in [0.29, 0.717) is 18.9 Å². The monoisotopic (exact) mass is 640 g/mol. The molecule has 13 heteroatoms. The van der Waals surface area contributed by atoms with E-state index in [1.165, 1.54) is 30.5 Å². The highest BCUT2D eigenvalue weighted by Crippen LogP contribution is 2.15. The standard InChI is InChI=1S/C33H44N4O9/c1-22(2)18-19-34-31(42)27(16-17-28(38)39)37-20-10-14-26(32(37)43)35-30(41)25(13-8-9-15-29(40)46-23(3)4)36-33(44)45-21-24-11-6-5-7-12-24/h5-7,9-12,14-15,20,22-23,25,27H,8,13,16-19,21H2,1-4H3,(H,34,42)(H,35,41)(H,36,44)(H,38,39)/b15-9+/t25-,27-/m0/s1. The summed E-state index contributed by atoms with van der Waals surface area (Å²) in [6, 6.07) is 9.42. The molecule has 0 saturated carbocycles. The molecule has 0 aliphatic carbocycles. The van der Waals surface area contributed by atoms with E-state index in [-0.39, 0.29) is 44.1 Å². The van der Waals surface area contributed by atoms with Crippen molar-refractivity contribution in [3.63, 3.8) is 0 Å². The third kappa shape index (κ3) is 13.8. The number of ether oxygens (including phenoxy) is 2. The van der Waals surface area contributed by atoms with Gasteiger partial charge in [-0.05, 0) is 63.1 Å². The first-order valence-corrected chi connectivity index (χ1v) is 15.2. The average Bonchev–Trinajstić information content (AvgIpc) is 2.99. The Labute approximate surface area is 268 Å². The second kappa shape index (κ2) is 19.4. The van der Waals surface area contributed by atoms with Crippen molar-refractivity contribution in [2.45, 2.75) is 84.6 Å². The Morgan fingerprint density at radius 3 is 2.30 bits per heavy atom. The number of carboxylic acids is 1. The maximum Gasteiger partial charge on any atom is 0.408 e. The SMILES string of the molecule is CC(C)CCNC(=O)[C@H](CCC(=O)O)n1cccc(NC(=O)[C@H](CC/C=C/C(=O)OC(C)C)NC(=O)OCc2ccccc2)c1=O. The average molecular weight is 641 g/mol. The molecule has 0 saturated heterocycles. The summed E-state index contributed by atoms with van der Waals surface area (Å²) in [5.74, 6) is -2.62. The second-order valence-electron chi connectivity index (χ2n) is 11.3. The van der Waals surface area contributed by atoms with E-state index >= 15 is 0 Å². The van der Waals surface area contributed by atoms with Gasteiger partial charge >= 0.3 is 18.0 Å². The quantitative estimate of drug-likeness (QED) is 0.139. The van der Waals surface area contributed by atoms with Crippen molar-refractivity contribution in [3.05, 3.63) is 76.7 Å². The summed E-state index contributed by atoms with van der Waals surface area (Å²) >= 11 is 0. The van der Waals surface area contributed by atoms with Crippen molar-refractivity contribution in [1.29, 1.82) is 0 Å². The molecule has 0 radical (unpaired) electrons. The molecular formula is C33H44N4O9. The molecule has 1 aromatic carbocycles. The van der Waals surface area contributed by atoms with Crippen LogP contribution in [0.3, 0.4) is 0 Å². The molecule has 4 N–H and O–H groups in total. The molecule has 2 atom stereocenters. The van der Waals surface area contributed by atoms with Crippen molar-refractivity contribution < 1.29 is 38.6 Å². The van der Waals surface area contributed by atoms with E-state index in [2.05, 4.69) is 16.0 Å². The van der Waals surface area contributed by atoms with Gasteiger partial charge in [0.25, 0.3) is 5.56 Å². The van der Waals surface area contributed by atoms with Crippen LogP contribution < -0.4 is 21.5 Å². The van der Waals surface area contributed by atoms with Gasteiger partial charge in [-0.3, -0.25) is 19.2 Å². The summed E-state index contributed by atoms with van der Waals surface area (Å²) in [6.45, 7) is 7.72. The van der Waals surface area contributed by atoms with Gasteiger partial charge in [-0.15, -0.1) is 0 Å². The van der Waals surface area contributed by atoms with Crippen molar-refractivity contribution in [3.8, 4) is 0 Å². The smallest absolute Gasteiger partial charge is 0.408 e. The van der Waals surface area contributed by atoms with Gasteiger partial charge in [-0.2, -0.15) is 0 Å². The number of hydrogen-bond donors (Lipinski definition) is 4. The van der Waals surface area contributed by atoms with E-state index in [0.717, 1.165) is 10.1 Å². The first kappa shape index (κ1) is 37.2. The van der Waals surface area contributed by atoms with Crippen molar-refractivity contribution in [2.24, 2.45) is 5.92 Å². The zero-order valence-electron chi connectivity index (χ0n) is 26.7. The number of amides is 3. The number of nitrogens with one attached hydrogen (secondary N) is 3. The zero-order valence-corrected chi connectivity index (χ0v) is 26.7. The number of aromatic nitrogens is 1. The van der Waals surface area contributed by atoms with Crippen LogP contribution >= 0.6 is 0 Å². The van der Waals surface area contributed by atoms with Crippen molar-refractivity contribution in [2.75, 3.05) is 11.9 Å². The van der Waals surface area contributed by atoms with Crippen molar-refractivity contribution >= 4 is 35.5 Å². The molecule has 0 spiro atoms. The van der Waals surface area contributed by atoms with Crippen LogP contribution in [-0.2, 0) is 35.3 Å². The van der Waals surface area contributed by atoms with Crippen LogP contribution in [0.15, 0.2) is 65.6 Å². The van der Waals surface area contributed by atoms with Crippen LogP contribution in [-0.4, -0.2) is 58.2 Å². The Morgan fingerprint density at radius 2 is 1.65 bits per heavy atom. The summed E-state index contributed by atoms with van der Waals surface area (Å²) in [5, 5.41) is 17.0. The number of alkyl carbamates (subject to hydrolysis) is 1. The molecule has 0 aliphatic rings. The highest BCUT2D eigenvalue weighted by Gasteiger charge is 2.26. The van der Waals surface area contributed by atoms with Crippen molar-refractivity contribution in [1.82, 2.24) is 15.2 Å². The number of carboxylic acid groups (broad SMARTS) is 1. The largest absolute Gasteiger partial charge is 0.481 e. The summed E-state index contributed by atoms with van der Waals surface area (Å²) < 4.78 is 11.4. The Bertz CT molecular complexity index is 1400. The van der Waals surface area contributed by atoms with Crippen LogP contribution in [0, 0.1) is 5.92 Å². The lowest BCUT2D eigenvalue weighted by Gasteiger charge is -2.21. The van der Waals surface area contributed by atoms with Crippen LogP contribution in [0.4, 0.5) is 10.5 Å². The molecule has 0 bridgehead atoms. The number of rotatable bonds is 18. The lowest BCUT2D eigenvalue weighted by molar-refractivity contribution is -0.141. The molecule has 46 heavy (non-hydrogen) atoms. The maximum atomic E-state index is 13.5. The maximum absolute atomic E-state index is 13.5. The minimum Gasteiger partial charge on any atom is -0.481 e. The minimum absolute atomic E-state index is 0.0394. The van der Waals surface area contributed by atoms with Crippen LogP contribution in [0.5, 0.6) is 0 Å². The predicted molar refractivity (Wildman–Crippen MR) is 171 cm³/mol. The number of carbonyl (C=O) groups is 5. The van der Waals surface area contributed by atoms with Crippen LogP contribution in [0.1, 0.15) is 71.4 Å². The number of carbonyl (C=O) groups excluding carboxylic acids is 4. The molecule has 1 aromatic heterocycles. The van der Waals surface area contributed by atoms with E-state index in [1.54, 1.807) is 38.1 Å². The van der Waals surface area contributed by atoms with Gasteiger partial charge in [0, 0.05) is 25.2 Å². The fraction of sp³-hybridized carbons (Fsp3) is 0.455. The number of allylic oxidation sites excluding steroid dienone is 1. The van der Waals surface area contributed by atoms with Gasteiger partial charge in [0.15, 0.2) is 0 Å². The number of aliphatic carboxylic acids is 1. The van der Waals surface area contributed by atoms with E-state index in [1.807, 2.05) is 19.9 Å². The number of hydrogen-bond acceptors (Lipinski definition) is 8. The highest BCUT2D eigenvalue weighted by atomic mass is 16.5. The first-order valence-electron chi connectivity index (χ1n) is 15.2. The third-order valence-corrected chi connectivity index (χ3v) is 6.57. The molecule has 2 rings (SSSR count). The molecule has 13 nitrogen and oxygen atoms in total. The van der Waals surface area contributed by atoms with E-state index < -0.39 is 47.5 Å². The molecule has 250 valence electrons. The Hall–Kier alpha value is -4.94. The Morgan fingerprint density at radius 1 is 0.935 bits per heavy atom. The van der Waals surface area contributed by atoms with Gasteiger partial charge in [0.05, 0.1) is 6.10 Å². The fourth-order valence-corrected chi connectivity index (χ4v) is 4.22. The normalized spacial score (nSPS) is 12.4. The number of benzene rings is 1. The zero-order chi connectivity index (χ0) is 34.1. The summed E-state index contributed by atoms with van der Waals surface area (Å²) in [5.41, 5.74) is -0.170. The lowest BCUT2D eigenvalue weighted by atomic mass is 10.1.